The number of hydrogen-bond acceptors (Lipinski definition) is 4. The van der Waals surface area contributed by atoms with Crippen LogP contribution in [0.3, 0.4) is 0 Å². The minimum atomic E-state index is -1.46. The van der Waals surface area contributed by atoms with E-state index in [1.165, 1.54) is 0 Å². The molecular weight excluding hydrogens is 684 g/mol. The van der Waals surface area contributed by atoms with Crippen molar-refractivity contribution in [3.05, 3.63) is 78.8 Å². The first kappa shape index (κ1) is 26.2. The SMILES string of the molecule is ClC1=C(Cl)C2(Cl)c3cc4cc5cc6c(cc5cc4cc3C1(Cl)C21OCCO1)C1(Cl)C(Cl)=C(Cl)C6(Cl)C12OCCO2. The Bertz CT molecular complexity index is 1600. The molecule has 0 radical (unpaired) electrons. The Labute approximate surface area is 267 Å². The molecule has 4 unspecified atom stereocenters. The molecule has 0 amide bonds. The number of benzene rings is 3. The summed E-state index contributed by atoms with van der Waals surface area (Å²) in [5, 5.41) is 4.37. The van der Waals surface area contributed by atoms with Gasteiger partial charge < -0.3 is 18.9 Å². The summed E-state index contributed by atoms with van der Waals surface area (Å²) in [6.45, 7) is 1.26. The maximum Gasteiger partial charge on any atom is 0.226 e. The zero-order valence-electron chi connectivity index (χ0n) is 19.9. The second kappa shape index (κ2) is 7.54. The predicted molar refractivity (Wildman–Crippen MR) is 158 cm³/mol. The van der Waals surface area contributed by atoms with E-state index in [4.69, 9.17) is 112 Å². The van der Waals surface area contributed by atoms with Gasteiger partial charge in [0.05, 0.1) is 46.6 Å². The Morgan fingerprint density at radius 2 is 0.625 bits per heavy atom. The lowest BCUT2D eigenvalue weighted by atomic mass is 9.88. The maximum absolute atomic E-state index is 7.30. The zero-order valence-corrected chi connectivity index (χ0v) is 26.0. The van der Waals surface area contributed by atoms with Gasteiger partial charge in [-0.05, 0) is 80.2 Å². The quantitative estimate of drug-likeness (QED) is 0.174. The van der Waals surface area contributed by atoms with Crippen molar-refractivity contribution in [2.45, 2.75) is 31.1 Å². The van der Waals surface area contributed by atoms with Gasteiger partial charge in [-0.2, -0.15) is 0 Å². The number of alkyl halides is 4. The molecule has 2 fully saturated rings. The molecule has 4 bridgehead atoms. The van der Waals surface area contributed by atoms with Gasteiger partial charge in [0.25, 0.3) is 0 Å². The van der Waals surface area contributed by atoms with Gasteiger partial charge in [0.1, 0.15) is 0 Å². The van der Waals surface area contributed by atoms with Gasteiger partial charge in [-0.15, -0.1) is 46.4 Å². The minimum absolute atomic E-state index is 0.200. The van der Waals surface area contributed by atoms with Crippen LogP contribution in [0.2, 0.25) is 0 Å². The molecule has 2 heterocycles. The third-order valence-corrected chi connectivity index (χ3v) is 14.4. The maximum atomic E-state index is 7.30. The van der Waals surface area contributed by atoms with Crippen LogP contribution in [0.1, 0.15) is 22.3 Å². The standard InChI is InChI=1S/C28H14Cl8O4/c29-19-20(30)24(34)16-8-12-6-14-10-18-17(25(35)21(31)22(32)26(18,36)28(25)39-3-4-40-28)9-13(14)5-11(12)7-15(16)23(19,33)27(24)37-1-2-38-27/h5-10H,1-4H2. The molecule has 206 valence electrons. The van der Waals surface area contributed by atoms with Crippen LogP contribution in [0.25, 0.3) is 21.5 Å². The highest BCUT2D eigenvalue weighted by atomic mass is 35.5. The van der Waals surface area contributed by atoms with Gasteiger partial charge in [0.15, 0.2) is 19.5 Å². The average molecular weight is 698 g/mol. The van der Waals surface area contributed by atoms with Gasteiger partial charge >= 0.3 is 0 Å². The van der Waals surface area contributed by atoms with Crippen LogP contribution in [0.5, 0.6) is 0 Å². The Balaban J connectivity index is 1.31. The van der Waals surface area contributed by atoms with Crippen LogP contribution in [0, 0.1) is 0 Å². The Hall–Kier alpha value is -0.180. The van der Waals surface area contributed by atoms with E-state index < -0.39 is 31.1 Å². The Kier molecular flexibility index (Phi) is 4.95. The lowest BCUT2D eigenvalue weighted by Crippen LogP contribution is -2.51. The fraction of sp³-hybridized carbons (Fsp3) is 0.357. The number of halogens is 8. The highest BCUT2D eigenvalue weighted by molar-refractivity contribution is 6.53. The Morgan fingerprint density at radius 1 is 0.400 bits per heavy atom. The van der Waals surface area contributed by atoms with Gasteiger partial charge in [0, 0.05) is 0 Å². The smallest absolute Gasteiger partial charge is 0.226 e. The lowest BCUT2D eigenvalue weighted by molar-refractivity contribution is -0.182. The van der Waals surface area contributed by atoms with Crippen LogP contribution in [-0.4, -0.2) is 38.0 Å². The van der Waals surface area contributed by atoms with E-state index >= 15 is 0 Å². The number of rotatable bonds is 0. The molecule has 2 saturated heterocycles. The van der Waals surface area contributed by atoms with E-state index in [0.717, 1.165) is 21.5 Å². The topological polar surface area (TPSA) is 36.9 Å². The molecule has 2 spiro atoms. The summed E-state index contributed by atoms with van der Waals surface area (Å²) < 4.78 is 24.5. The second-order valence-electron chi connectivity index (χ2n) is 10.9. The second-order valence-corrected chi connectivity index (χ2v) is 14.6. The van der Waals surface area contributed by atoms with E-state index in [1.54, 1.807) is 0 Å². The molecule has 40 heavy (non-hydrogen) atoms. The van der Waals surface area contributed by atoms with Crippen molar-refractivity contribution in [2.75, 3.05) is 26.4 Å². The number of hydrogen-bond donors (Lipinski definition) is 0. The van der Waals surface area contributed by atoms with Crippen molar-refractivity contribution >= 4 is 114 Å². The predicted octanol–water partition coefficient (Wildman–Crippen LogP) is 8.65. The third-order valence-electron chi connectivity index (χ3n) is 9.35. The lowest BCUT2D eigenvalue weighted by Gasteiger charge is -2.37. The zero-order chi connectivity index (χ0) is 27.8. The summed E-state index contributed by atoms with van der Waals surface area (Å²) in [5.74, 6) is -2.91. The van der Waals surface area contributed by atoms with Gasteiger partial charge in [-0.1, -0.05) is 46.4 Å². The van der Waals surface area contributed by atoms with Crippen molar-refractivity contribution in [3.8, 4) is 0 Å². The van der Waals surface area contributed by atoms with Gasteiger partial charge in [-0.3, -0.25) is 0 Å². The van der Waals surface area contributed by atoms with Gasteiger partial charge in [0.2, 0.25) is 11.6 Å². The summed E-state index contributed by atoms with van der Waals surface area (Å²) in [5.41, 5.74) is 2.74. The van der Waals surface area contributed by atoms with Crippen LogP contribution in [-0.2, 0) is 38.4 Å². The van der Waals surface area contributed by atoms with Crippen molar-refractivity contribution in [1.29, 1.82) is 0 Å². The van der Waals surface area contributed by atoms with Crippen molar-refractivity contribution < 1.29 is 18.9 Å². The summed E-state index contributed by atoms with van der Waals surface area (Å²) >= 11 is 56.1. The molecule has 4 nitrogen and oxygen atoms in total. The van der Waals surface area contributed by atoms with Crippen molar-refractivity contribution in [3.63, 3.8) is 0 Å². The molecule has 6 aliphatic rings. The molecule has 0 saturated carbocycles. The molecule has 0 N–H and O–H groups in total. The first-order valence-corrected chi connectivity index (χ1v) is 15.5. The monoisotopic (exact) mass is 694 g/mol. The normalized spacial score (nSPS) is 37.8. The van der Waals surface area contributed by atoms with E-state index in [1.807, 2.05) is 36.4 Å². The van der Waals surface area contributed by atoms with Crippen LogP contribution >= 0.6 is 92.8 Å². The fourth-order valence-electron chi connectivity index (χ4n) is 7.70. The summed E-state index contributed by atoms with van der Waals surface area (Å²) in [6, 6.07) is 11.9. The summed E-state index contributed by atoms with van der Waals surface area (Å²) in [4.78, 5) is -5.60. The number of ether oxygens (including phenoxy) is 4. The molecule has 0 aromatic heterocycles. The highest BCUT2D eigenvalue weighted by Crippen LogP contribution is 2.77. The molecule has 3 aromatic carbocycles. The van der Waals surface area contributed by atoms with Crippen LogP contribution in [0.15, 0.2) is 56.5 Å². The fourth-order valence-corrected chi connectivity index (χ4v) is 11.5. The molecule has 4 atom stereocenters. The van der Waals surface area contributed by atoms with Crippen LogP contribution < -0.4 is 0 Å². The minimum Gasteiger partial charge on any atom is -0.343 e. The summed E-state index contributed by atoms with van der Waals surface area (Å²) in [7, 11) is 0. The van der Waals surface area contributed by atoms with Gasteiger partial charge in [-0.25, -0.2) is 0 Å². The number of fused-ring (bicyclic) bond motifs is 8. The average Bonchev–Trinajstić information content (AvgIpc) is 3.74. The van der Waals surface area contributed by atoms with E-state index in [9.17, 15) is 0 Å². The summed E-state index contributed by atoms with van der Waals surface area (Å²) in [6.07, 6.45) is 0. The first-order valence-electron chi connectivity index (χ1n) is 12.4. The van der Waals surface area contributed by atoms with Crippen molar-refractivity contribution in [1.82, 2.24) is 0 Å². The van der Waals surface area contributed by atoms with E-state index in [0.29, 0.717) is 48.7 Å². The van der Waals surface area contributed by atoms with E-state index in [2.05, 4.69) is 0 Å². The van der Waals surface area contributed by atoms with E-state index in [-0.39, 0.29) is 20.1 Å². The largest absolute Gasteiger partial charge is 0.343 e. The molecule has 2 aliphatic heterocycles. The first-order chi connectivity index (χ1) is 18.9. The highest BCUT2D eigenvalue weighted by Gasteiger charge is 2.82. The Morgan fingerprint density at radius 3 is 0.850 bits per heavy atom. The van der Waals surface area contributed by atoms with Crippen molar-refractivity contribution in [2.24, 2.45) is 0 Å². The molecule has 9 rings (SSSR count). The molecule has 4 aliphatic carbocycles. The third kappa shape index (κ3) is 2.28. The molecule has 12 heteroatoms. The van der Waals surface area contributed by atoms with Crippen LogP contribution in [0.4, 0.5) is 0 Å². The molecule has 3 aromatic rings. The molecular formula is C28H14Cl8O4.